The van der Waals surface area contributed by atoms with E-state index in [0.29, 0.717) is 43.1 Å². The summed E-state index contributed by atoms with van der Waals surface area (Å²) >= 11 is 6.03. The first-order valence-electron chi connectivity index (χ1n) is 9.82. The molecule has 0 unspecified atom stereocenters. The summed E-state index contributed by atoms with van der Waals surface area (Å²) < 4.78 is 6.09. The van der Waals surface area contributed by atoms with Crippen molar-refractivity contribution in [2.24, 2.45) is 11.7 Å². The average molecular weight is 419 g/mol. The first-order chi connectivity index (χ1) is 13.8. The summed E-state index contributed by atoms with van der Waals surface area (Å²) in [5, 5.41) is 7.72. The van der Waals surface area contributed by atoms with Gasteiger partial charge in [-0.15, -0.1) is 0 Å². The average Bonchev–Trinajstić information content (AvgIpc) is 2.98. The van der Waals surface area contributed by atoms with Crippen LogP contribution in [0.1, 0.15) is 36.2 Å². The number of halogens is 1. The highest BCUT2D eigenvalue weighted by molar-refractivity contribution is 6.30. The minimum absolute atomic E-state index is 0.0701. The predicted octanol–water partition coefficient (Wildman–Crippen LogP) is 2.78. The van der Waals surface area contributed by atoms with Gasteiger partial charge >= 0.3 is 0 Å². The number of nitrogens with one attached hydrogen (secondary N) is 1. The number of nitrogens with zero attached hydrogens (tertiary/aromatic N) is 2. The molecule has 2 atom stereocenters. The van der Waals surface area contributed by atoms with Crippen molar-refractivity contribution in [3.63, 3.8) is 0 Å². The highest BCUT2D eigenvalue weighted by Crippen LogP contribution is 2.27. The van der Waals surface area contributed by atoms with Gasteiger partial charge < -0.3 is 15.4 Å². The topological polar surface area (TPSA) is 101 Å². The number of piperidine rings is 1. The molecule has 2 aromatic rings. The fraction of sp³-hybridized carbons (Fsp3) is 0.476. The maximum atomic E-state index is 12.8. The molecule has 2 amide bonds. The molecule has 7 nitrogen and oxygen atoms in total. The van der Waals surface area contributed by atoms with Gasteiger partial charge in [-0.05, 0) is 44.0 Å². The minimum Gasteiger partial charge on any atom is -0.490 e. The Morgan fingerprint density at radius 2 is 2.17 bits per heavy atom. The Labute approximate surface area is 175 Å². The molecular weight excluding hydrogens is 392 g/mol. The lowest BCUT2D eigenvalue weighted by Crippen LogP contribution is -2.49. The van der Waals surface area contributed by atoms with Crippen LogP contribution in [0.2, 0.25) is 5.02 Å². The molecule has 8 heteroatoms. The zero-order valence-corrected chi connectivity index (χ0v) is 17.5. The zero-order valence-electron chi connectivity index (χ0n) is 16.8. The van der Waals surface area contributed by atoms with Crippen LogP contribution in [0.25, 0.3) is 0 Å². The molecular formula is C21H27ClN4O3. The van der Waals surface area contributed by atoms with E-state index in [9.17, 15) is 9.59 Å². The van der Waals surface area contributed by atoms with Gasteiger partial charge in [-0.3, -0.25) is 14.7 Å². The monoisotopic (exact) mass is 418 g/mol. The summed E-state index contributed by atoms with van der Waals surface area (Å²) in [6.45, 7) is 4.94. The second kappa shape index (κ2) is 9.31. The van der Waals surface area contributed by atoms with Crippen molar-refractivity contribution in [1.82, 2.24) is 15.1 Å². The molecule has 1 aromatic heterocycles. The van der Waals surface area contributed by atoms with Crippen LogP contribution in [-0.2, 0) is 16.0 Å². The van der Waals surface area contributed by atoms with Crippen molar-refractivity contribution >= 4 is 23.4 Å². The van der Waals surface area contributed by atoms with Gasteiger partial charge in [0.15, 0.2) is 0 Å². The number of carbonyl (C=O) groups excluding carboxylic acids is 2. The molecule has 0 aliphatic carbocycles. The van der Waals surface area contributed by atoms with Crippen molar-refractivity contribution < 1.29 is 14.3 Å². The number of primary amides is 1. The van der Waals surface area contributed by atoms with E-state index in [2.05, 4.69) is 10.2 Å². The molecule has 0 bridgehead atoms. The molecule has 3 rings (SSSR count). The van der Waals surface area contributed by atoms with Gasteiger partial charge in [-0.25, -0.2) is 0 Å². The van der Waals surface area contributed by atoms with Crippen LogP contribution in [0, 0.1) is 19.8 Å². The summed E-state index contributed by atoms with van der Waals surface area (Å²) in [6, 6.07) is 7.18. The van der Waals surface area contributed by atoms with Gasteiger partial charge in [0.1, 0.15) is 11.9 Å². The number of hydrogen-bond acceptors (Lipinski definition) is 4. The number of aromatic amines is 1. The third kappa shape index (κ3) is 5.50. The van der Waals surface area contributed by atoms with Crippen LogP contribution in [0.15, 0.2) is 24.3 Å². The van der Waals surface area contributed by atoms with Gasteiger partial charge in [0.05, 0.1) is 5.69 Å². The number of aryl methyl sites for hydroxylation is 2. The van der Waals surface area contributed by atoms with E-state index in [-0.39, 0.29) is 24.3 Å². The quantitative estimate of drug-likeness (QED) is 0.721. The second-order valence-corrected chi connectivity index (χ2v) is 8.02. The molecule has 1 aromatic carbocycles. The van der Waals surface area contributed by atoms with Crippen LogP contribution in [0.3, 0.4) is 0 Å². The zero-order chi connectivity index (χ0) is 21.0. The Hall–Kier alpha value is -2.54. The Bertz CT molecular complexity index is 863. The summed E-state index contributed by atoms with van der Waals surface area (Å²) in [5.74, 6) is 0.179. The van der Waals surface area contributed by atoms with Crippen LogP contribution in [0.4, 0.5) is 0 Å². The Morgan fingerprint density at radius 3 is 2.83 bits per heavy atom. The molecule has 3 N–H and O–H groups in total. The molecule has 1 saturated heterocycles. The largest absolute Gasteiger partial charge is 0.490 e. The summed E-state index contributed by atoms with van der Waals surface area (Å²) in [4.78, 5) is 26.2. The van der Waals surface area contributed by atoms with Crippen molar-refractivity contribution in [3.8, 4) is 5.75 Å². The van der Waals surface area contributed by atoms with Crippen molar-refractivity contribution in [1.29, 1.82) is 0 Å². The van der Waals surface area contributed by atoms with Gasteiger partial charge in [-0.2, -0.15) is 5.10 Å². The number of carbonyl (C=O) groups is 2. The Balaban J connectivity index is 1.62. The molecule has 29 heavy (non-hydrogen) atoms. The molecule has 1 fully saturated rings. The number of aromatic nitrogens is 2. The van der Waals surface area contributed by atoms with Crippen molar-refractivity contribution in [2.75, 3.05) is 13.1 Å². The predicted molar refractivity (Wildman–Crippen MR) is 111 cm³/mol. The number of rotatable bonds is 7. The number of H-pyrrole nitrogens is 1. The van der Waals surface area contributed by atoms with Gasteiger partial charge in [0.2, 0.25) is 11.8 Å². The van der Waals surface area contributed by atoms with E-state index in [1.807, 2.05) is 30.9 Å². The fourth-order valence-electron chi connectivity index (χ4n) is 3.89. The SMILES string of the molecule is Cc1n[nH]c(C)c1CCC(=O)N1CC[C@H](Oc2cccc(Cl)c2)[C@@H](CC(N)=O)C1. The number of nitrogens with two attached hydrogens (primary N) is 1. The van der Waals surface area contributed by atoms with Gasteiger partial charge in [0.25, 0.3) is 0 Å². The lowest BCUT2D eigenvalue weighted by atomic mass is 9.90. The van der Waals surface area contributed by atoms with E-state index in [0.717, 1.165) is 17.0 Å². The highest BCUT2D eigenvalue weighted by atomic mass is 35.5. The van der Waals surface area contributed by atoms with Crippen molar-refractivity contribution in [2.45, 2.75) is 45.6 Å². The van der Waals surface area contributed by atoms with Crippen LogP contribution >= 0.6 is 11.6 Å². The number of ether oxygens (including phenoxy) is 1. The smallest absolute Gasteiger partial charge is 0.222 e. The maximum absolute atomic E-state index is 12.8. The molecule has 1 aliphatic heterocycles. The normalized spacial score (nSPS) is 19.2. The fourth-order valence-corrected chi connectivity index (χ4v) is 4.07. The van der Waals surface area contributed by atoms with E-state index in [1.165, 1.54) is 0 Å². The number of hydrogen-bond donors (Lipinski definition) is 2. The number of benzene rings is 1. The van der Waals surface area contributed by atoms with E-state index >= 15 is 0 Å². The molecule has 0 radical (unpaired) electrons. The molecule has 156 valence electrons. The molecule has 0 spiro atoms. The molecule has 2 heterocycles. The minimum atomic E-state index is -0.395. The maximum Gasteiger partial charge on any atom is 0.222 e. The third-order valence-electron chi connectivity index (χ3n) is 5.43. The number of amides is 2. The standard InChI is InChI=1S/C21H27ClN4O3/c1-13-18(14(2)25-24-13)6-7-21(28)26-9-8-19(15(12-26)10-20(23)27)29-17-5-3-4-16(22)11-17/h3-5,11,15,19H,6-10,12H2,1-2H3,(H2,23,27)(H,24,25)/t15-,19-/m0/s1. The van der Waals surface area contributed by atoms with Gasteiger partial charge in [-0.1, -0.05) is 17.7 Å². The summed E-state index contributed by atoms with van der Waals surface area (Å²) in [6.07, 6.45) is 1.68. The number of likely N-dealkylation sites (tertiary alicyclic amines) is 1. The van der Waals surface area contributed by atoms with Crippen LogP contribution < -0.4 is 10.5 Å². The molecule has 1 aliphatic rings. The summed E-state index contributed by atoms with van der Waals surface area (Å²) in [7, 11) is 0. The van der Waals surface area contributed by atoms with E-state index in [4.69, 9.17) is 22.1 Å². The lowest BCUT2D eigenvalue weighted by molar-refractivity contribution is -0.136. The Kier molecular flexibility index (Phi) is 6.79. The summed E-state index contributed by atoms with van der Waals surface area (Å²) in [5.41, 5.74) is 8.46. The third-order valence-corrected chi connectivity index (χ3v) is 5.67. The first kappa shape index (κ1) is 21.2. The van der Waals surface area contributed by atoms with Gasteiger partial charge in [0, 0.05) is 49.0 Å². The Morgan fingerprint density at radius 1 is 1.38 bits per heavy atom. The van der Waals surface area contributed by atoms with Crippen LogP contribution in [-0.4, -0.2) is 46.1 Å². The lowest BCUT2D eigenvalue weighted by Gasteiger charge is -2.38. The molecule has 0 saturated carbocycles. The van der Waals surface area contributed by atoms with Crippen molar-refractivity contribution in [3.05, 3.63) is 46.2 Å². The van der Waals surface area contributed by atoms with E-state index < -0.39 is 5.91 Å². The second-order valence-electron chi connectivity index (χ2n) is 7.59. The van der Waals surface area contributed by atoms with Crippen LogP contribution in [0.5, 0.6) is 5.75 Å². The van der Waals surface area contributed by atoms with E-state index in [1.54, 1.807) is 12.1 Å². The highest BCUT2D eigenvalue weighted by Gasteiger charge is 2.34. The first-order valence-corrected chi connectivity index (χ1v) is 10.2.